The molecule has 0 amide bonds. The van der Waals surface area contributed by atoms with Gasteiger partial charge in [-0.25, -0.2) is 0 Å². The number of hydrogen-bond donors (Lipinski definition) is 0. The van der Waals surface area contributed by atoms with Crippen LogP contribution in [0.5, 0.6) is 0 Å². The highest BCUT2D eigenvalue weighted by molar-refractivity contribution is 5.66. The van der Waals surface area contributed by atoms with E-state index in [1.54, 1.807) is 5.57 Å². The molecule has 3 saturated carbocycles. The molecular formula is C29H46O2. The van der Waals surface area contributed by atoms with Gasteiger partial charge in [0, 0.05) is 13.3 Å². The number of fused-ring (bicyclic) bond motifs is 1. The van der Waals surface area contributed by atoms with Gasteiger partial charge in [-0.05, 0) is 79.6 Å². The third kappa shape index (κ3) is 5.93. The molecular weight excluding hydrogens is 380 g/mol. The Morgan fingerprint density at radius 2 is 1.94 bits per heavy atom. The number of allylic oxidation sites excluding steroid dienone is 4. The molecule has 2 nitrogen and oxygen atoms in total. The van der Waals surface area contributed by atoms with Crippen molar-refractivity contribution in [3.8, 4) is 0 Å². The molecule has 5 atom stereocenters. The highest BCUT2D eigenvalue weighted by Gasteiger charge is 2.50. The lowest BCUT2D eigenvalue weighted by atomic mass is 9.60. The molecule has 174 valence electrons. The van der Waals surface area contributed by atoms with Gasteiger partial charge in [-0.15, -0.1) is 0 Å². The molecule has 0 N–H and O–H groups in total. The summed E-state index contributed by atoms with van der Waals surface area (Å²) in [4.78, 5) is 11.4. The summed E-state index contributed by atoms with van der Waals surface area (Å²) < 4.78 is 5.49. The first-order chi connectivity index (χ1) is 14.7. The Bertz CT molecular complexity index is 712. The molecule has 0 spiro atoms. The van der Waals surface area contributed by atoms with Crippen LogP contribution in [0.1, 0.15) is 105 Å². The lowest BCUT2D eigenvalue weighted by Crippen LogP contribution is -2.36. The minimum absolute atomic E-state index is 0.0202. The lowest BCUT2D eigenvalue weighted by molar-refractivity contribution is -0.146. The highest BCUT2D eigenvalue weighted by Crippen LogP contribution is 2.60. The van der Waals surface area contributed by atoms with Crippen LogP contribution < -0.4 is 0 Å². The van der Waals surface area contributed by atoms with Gasteiger partial charge in [0.15, 0.2) is 0 Å². The van der Waals surface area contributed by atoms with Crippen molar-refractivity contribution in [2.24, 2.45) is 29.1 Å². The van der Waals surface area contributed by atoms with Gasteiger partial charge in [0.1, 0.15) is 6.10 Å². The monoisotopic (exact) mass is 426 g/mol. The van der Waals surface area contributed by atoms with E-state index >= 15 is 0 Å². The SMILES string of the molecule is C=C1CC[C@H](OC(C)=O)C/C1=C/C=C1\CCC[C@]2(C)[C@@H]([C@H](C)CCCC(C)C)CC[C@@H]12. The quantitative estimate of drug-likeness (QED) is 0.383. The molecule has 3 fully saturated rings. The summed E-state index contributed by atoms with van der Waals surface area (Å²) in [5.74, 6) is 3.12. The molecule has 0 aliphatic heterocycles. The molecule has 0 bridgehead atoms. The third-order valence-corrected chi connectivity index (χ3v) is 8.67. The molecule has 0 radical (unpaired) electrons. The largest absolute Gasteiger partial charge is 0.462 e. The van der Waals surface area contributed by atoms with Crippen molar-refractivity contribution in [1.82, 2.24) is 0 Å². The standard InChI is InChI=1S/C29H46O2/c1-20(2)9-7-10-22(4)27-16-17-28-24(11-8-18-29(27,28)6)13-14-25-19-26(31-23(5)30)15-12-21(25)3/h13-14,20,22,26-28H,3,7-12,15-19H2,1-2,4-6H3/b24-13+,25-14-/t22-,26+,27-,28+,29-/m1/s1. The first-order valence-corrected chi connectivity index (χ1v) is 13.0. The maximum absolute atomic E-state index is 11.4. The van der Waals surface area contributed by atoms with E-state index in [0.717, 1.165) is 42.9 Å². The number of rotatable bonds is 7. The summed E-state index contributed by atoms with van der Waals surface area (Å²) in [7, 11) is 0. The average Bonchev–Trinajstić information content (AvgIpc) is 3.05. The van der Waals surface area contributed by atoms with Crippen molar-refractivity contribution in [3.63, 3.8) is 0 Å². The fourth-order valence-corrected chi connectivity index (χ4v) is 6.98. The zero-order chi connectivity index (χ0) is 22.6. The van der Waals surface area contributed by atoms with Gasteiger partial charge >= 0.3 is 5.97 Å². The van der Waals surface area contributed by atoms with Gasteiger partial charge in [0.2, 0.25) is 0 Å². The number of carbonyl (C=O) groups is 1. The predicted molar refractivity (Wildman–Crippen MR) is 131 cm³/mol. The van der Waals surface area contributed by atoms with Crippen molar-refractivity contribution >= 4 is 5.97 Å². The number of carbonyl (C=O) groups excluding carboxylic acids is 1. The molecule has 0 aromatic carbocycles. The molecule has 2 heteroatoms. The van der Waals surface area contributed by atoms with Crippen LogP contribution >= 0.6 is 0 Å². The molecule has 0 saturated heterocycles. The number of esters is 1. The van der Waals surface area contributed by atoms with E-state index in [2.05, 4.69) is 46.4 Å². The van der Waals surface area contributed by atoms with Crippen LogP contribution in [0.25, 0.3) is 0 Å². The highest BCUT2D eigenvalue weighted by atomic mass is 16.5. The van der Waals surface area contributed by atoms with Crippen molar-refractivity contribution in [2.45, 2.75) is 111 Å². The Balaban J connectivity index is 1.69. The van der Waals surface area contributed by atoms with Crippen molar-refractivity contribution < 1.29 is 9.53 Å². The Kier molecular flexibility index (Phi) is 8.27. The predicted octanol–water partition coefficient (Wildman–Crippen LogP) is 8.19. The second kappa shape index (κ2) is 10.5. The summed E-state index contributed by atoms with van der Waals surface area (Å²) in [5.41, 5.74) is 4.65. The molecule has 31 heavy (non-hydrogen) atoms. The van der Waals surface area contributed by atoms with E-state index < -0.39 is 0 Å². The van der Waals surface area contributed by atoms with Crippen LogP contribution in [-0.4, -0.2) is 12.1 Å². The summed E-state index contributed by atoms with van der Waals surface area (Å²) >= 11 is 0. The van der Waals surface area contributed by atoms with Crippen LogP contribution in [0.15, 0.2) is 35.5 Å². The Morgan fingerprint density at radius 3 is 2.65 bits per heavy atom. The Labute approximate surface area is 191 Å². The molecule has 0 heterocycles. The maximum atomic E-state index is 11.4. The van der Waals surface area contributed by atoms with Crippen LogP contribution in [-0.2, 0) is 9.53 Å². The minimum Gasteiger partial charge on any atom is -0.462 e. The van der Waals surface area contributed by atoms with Crippen molar-refractivity contribution in [2.75, 3.05) is 0 Å². The van der Waals surface area contributed by atoms with Gasteiger partial charge in [-0.2, -0.15) is 0 Å². The molecule has 3 rings (SSSR count). The van der Waals surface area contributed by atoms with Crippen LogP contribution in [0.3, 0.4) is 0 Å². The van der Waals surface area contributed by atoms with E-state index in [9.17, 15) is 4.79 Å². The topological polar surface area (TPSA) is 26.3 Å². The first kappa shape index (κ1) is 24.3. The van der Waals surface area contributed by atoms with Gasteiger partial charge in [-0.1, -0.05) is 76.8 Å². The molecule has 3 aliphatic carbocycles. The lowest BCUT2D eigenvalue weighted by Gasteiger charge is -2.44. The van der Waals surface area contributed by atoms with Gasteiger partial charge in [0.05, 0.1) is 0 Å². The molecule has 0 aromatic heterocycles. The molecule has 3 aliphatic rings. The van der Waals surface area contributed by atoms with E-state index in [0.29, 0.717) is 5.41 Å². The van der Waals surface area contributed by atoms with E-state index in [4.69, 9.17) is 4.74 Å². The maximum Gasteiger partial charge on any atom is 0.302 e. The number of ether oxygens (including phenoxy) is 1. The molecule has 0 aromatic rings. The Hall–Kier alpha value is -1.31. The Morgan fingerprint density at radius 1 is 1.16 bits per heavy atom. The summed E-state index contributed by atoms with van der Waals surface area (Å²) in [5, 5.41) is 0. The average molecular weight is 427 g/mol. The van der Waals surface area contributed by atoms with Gasteiger partial charge in [0.25, 0.3) is 0 Å². The summed E-state index contributed by atoms with van der Waals surface area (Å²) in [6, 6.07) is 0. The van der Waals surface area contributed by atoms with Crippen molar-refractivity contribution in [3.05, 3.63) is 35.5 Å². The fraction of sp³-hybridized carbons (Fsp3) is 0.759. The van der Waals surface area contributed by atoms with E-state index in [-0.39, 0.29) is 12.1 Å². The number of hydrogen-bond acceptors (Lipinski definition) is 2. The summed E-state index contributed by atoms with van der Waals surface area (Å²) in [6.07, 6.45) is 18.3. The molecule has 0 unspecified atom stereocenters. The van der Waals surface area contributed by atoms with Crippen molar-refractivity contribution in [1.29, 1.82) is 0 Å². The zero-order valence-corrected chi connectivity index (χ0v) is 20.8. The van der Waals surface area contributed by atoms with E-state index in [1.807, 2.05) is 0 Å². The van der Waals surface area contributed by atoms with Crippen LogP contribution in [0, 0.1) is 29.1 Å². The minimum atomic E-state index is -0.169. The van der Waals surface area contributed by atoms with Gasteiger partial charge < -0.3 is 4.74 Å². The third-order valence-electron chi connectivity index (χ3n) is 8.67. The van der Waals surface area contributed by atoms with E-state index in [1.165, 1.54) is 69.4 Å². The second-order valence-corrected chi connectivity index (χ2v) is 11.4. The van der Waals surface area contributed by atoms with Crippen LogP contribution in [0.2, 0.25) is 0 Å². The van der Waals surface area contributed by atoms with Crippen LogP contribution in [0.4, 0.5) is 0 Å². The first-order valence-electron chi connectivity index (χ1n) is 13.0. The van der Waals surface area contributed by atoms with Gasteiger partial charge in [-0.3, -0.25) is 4.79 Å². The fourth-order valence-electron chi connectivity index (χ4n) is 6.98. The normalized spacial score (nSPS) is 34.9. The second-order valence-electron chi connectivity index (χ2n) is 11.4. The summed E-state index contributed by atoms with van der Waals surface area (Å²) in [6.45, 7) is 15.6. The zero-order valence-electron chi connectivity index (χ0n) is 20.8. The smallest absolute Gasteiger partial charge is 0.302 e.